The van der Waals surface area contributed by atoms with E-state index in [9.17, 15) is 14.7 Å². The Bertz CT molecular complexity index is 367. The van der Waals surface area contributed by atoms with Crippen LogP contribution in [0.1, 0.15) is 26.2 Å². The van der Waals surface area contributed by atoms with Gasteiger partial charge in [0.25, 0.3) is 5.91 Å². The number of hydrogen-bond donors (Lipinski definition) is 2. The molecule has 0 saturated carbocycles. The number of amides is 2. The highest BCUT2D eigenvalue weighted by atomic mass is 16.3. The summed E-state index contributed by atoms with van der Waals surface area (Å²) in [5.41, 5.74) is 2.73. The summed E-state index contributed by atoms with van der Waals surface area (Å²) < 4.78 is 0. The lowest BCUT2D eigenvalue weighted by atomic mass is 9.96. The highest BCUT2D eigenvalue weighted by Gasteiger charge is 2.30. The van der Waals surface area contributed by atoms with Crippen molar-refractivity contribution in [2.45, 2.75) is 32.3 Å². The molecule has 0 aromatic rings. The van der Waals surface area contributed by atoms with E-state index in [-0.39, 0.29) is 23.8 Å². The molecule has 2 amide bonds. The summed E-state index contributed by atoms with van der Waals surface area (Å²) in [6.07, 6.45) is 0.994. The smallest absolute Gasteiger partial charge is 0.270 e. The van der Waals surface area contributed by atoms with Crippen molar-refractivity contribution >= 4 is 17.5 Å². The normalized spacial score (nSPS) is 29.6. The quantitative estimate of drug-likeness (QED) is 0.646. The minimum Gasteiger partial charge on any atom is -0.393 e. The number of aliphatic hydroxyl groups excluding tert-OH is 1. The second-order valence-electron chi connectivity index (χ2n) is 4.68. The number of hydrogen-bond acceptors (Lipinski definition) is 4. The molecule has 2 rings (SSSR count). The second-order valence-corrected chi connectivity index (χ2v) is 4.68. The number of carbonyl (C=O) groups is 2. The van der Waals surface area contributed by atoms with Gasteiger partial charge in [0.05, 0.1) is 6.10 Å². The van der Waals surface area contributed by atoms with E-state index in [4.69, 9.17) is 0 Å². The molecule has 0 aromatic heterocycles. The summed E-state index contributed by atoms with van der Waals surface area (Å²) in [5, 5.41) is 13.4. The third-order valence-corrected chi connectivity index (χ3v) is 3.30. The molecule has 1 fully saturated rings. The monoisotopic (exact) mass is 239 g/mol. The van der Waals surface area contributed by atoms with E-state index in [2.05, 4.69) is 10.5 Å². The topological polar surface area (TPSA) is 82.0 Å². The van der Waals surface area contributed by atoms with Crippen LogP contribution >= 0.6 is 0 Å². The van der Waals surface area contributed by atoms with Gasteiger partial charge in [0.15, 0.2) is 0 Å². The molecular weight excluding hydrogens is 222 g/mol. The molecule has 6 nitrogen and oxygen atoms in total. The zero-order valence-electron chi connectivity index (χ0n) is 9.85. The first kappa shape index (κ1) is 12.0. The van der Waals surface area contributed by atoms with Gasteiger partial charge in [-0.3, -0.25) is 9.59 Å². The van der Waals surface area contributed by atoms with E-state index in [1.807, 2.05) is 6.92 Å². The molecule has 0 spiro atoms. The molecule has 17 heavy (non-hydrogen) atoms. The van der Waals surface area contributed by atoms with E-state index in [1.165, 1.54) is 0 Å². The van der Waals surface area contributed by atoms with Gasteiger partial charge in [-0.25, -0.2) is 5.43 Å². The van der Waals surface area contributed by atoms with Gasteiger partial charge in [-0.2, -0.15) is 5.10 Å². The SMILES string of the molecule is CC1CN(C(=O)C2=NNC(=O)CC2)CCC1O. The molecule has 94 valence electrons. The summed E-state index contributed by atoms with van der Waals surface area (Å²) in [4.78, 5) is 24.7. The van der Waals surface area contributed by atoms with Gasteiger partial charge in [0.1, 0.15) is 5.71 Å². The Balaban J connectivity index is 1.98. The Morgan fingerprint density at radius 2 is 2.29 bits per heavy atom. The molecule has 2 aliphatic heterocycles. The highest BCUT2D eigenvalue weighted by molar-refractivity contribution is 6.39. The Kier molecular flexibility index (Phi) is 3.42. The summed E-state index contributed by atoms with van der Waals surface area (Å²) >= 11 is 0. The largest absolute Gasteiger partial charge is 0.393 e. The number of nitrogens with zero attached hydrogens (tertiary/aromatic N) is 2. The fraction of sp³-hybridized carbons (Fsp3) is 0.727. The van der Waals surface area contributed by atoms with E-state index >= 15 is 0 Å². The predicted molar refractivity (Wildman–Crippen MR) is 61.2 cm³/mol. The molecule has 2 N–H and O–H groups in total. The molecule has 2 heterocycles. The molecule has 0 aliphatic carbocycles. The fourth-order valence-electron chi connectivity index (χ4n) is 2.13. The lowest BCUT2D eigenvalue weighted by Crippen LogP contribution is -2.48. The van der Waals surface area contributed by atoms with Crippen molar-refractivity contribution in [3.05, 3.63) is 0 Å². The first-order chi connectivity index (χ1) is 8.08. The molecule has 0 radical (unpaired) electrons. The van der Waals surface area contributed by atoms with Crippen molar-refractivity contribution < 1.29 is 14.7 Å². The van der Waals surface area contributed by atoms with E-state index in [0.717, 1.165) is 0 Å². The first-order valence-electron chi connectivity index (χ1n) is 5.90. The first-order valence-corrected chi connectivity index (χ1v) is 5.90. The number of likely N-dealkylation sites (tertiary alicyclic amines) is 1. The third-order valence-electron chi connectivity index (χ3n) is 3.30. The fourth-order valence-corrected chi connectivity index (χ4v) is 2.13. The zero-order valence-corrected chi connectivity index (χ0v) is 9.85. The van der Waals surface area contributed by atoms with Crippen LogP contribution in [0.3, 0.4) is 0 Å². The maximum absolute atomic E-state index is 12.1. The van der Waals surface area contributed by atoms with Gasteiger partial charge in [-0.15, -0.1) is 0 Å². The number of piperidine rings is 1. The van der Waals surface area contributed by atoms with E-state index < -0.39 is 0 Å². The number of hydrazone groups is 1. The summed E-state index contributed by atoms with van der Waals surface area (Å²) in [5.74, 6) is -0.181. The second kappa shape index (κ2) is 4.83. The number of rotatable bonds is 1. The zero-order chi connectivity index (χ0) is 12.4. The predicted octanol–water partition coefficient (Wildman–Crippen LogP) is -0.518. The summed E-state index contributed by atoms with van der Waals surface area (Å²) in [6, 6.07) is 0. The number of aliphatic hydroxyl groups is 1. The van der Waals surface area contributed by atoms with Gasteiger partial charge in [-0.1, -0.05) is 6.92 Å². The standard InChI is InChI=1S/C11H17N3O3/c1-7-6-14(5-4-9(7)15)11(17)8-2-3-10(16)13-12-8/h7,9,15H,2-6H2,1H3,(H,13,16). The van der Waals surface area contributed by atoms with Crippen LogP contribution in [0.15, 0.2) is 5.10 Å². The number of nitrogens with one attached hydrogen (secondary N) is 1. The average Bonchev–Trinajstić information content (AvgIpc) is 2.33. The van der Waals surface area contributed by atoms with Crippen molar-refractivity contribution in [3.8, 4) is 0 Å². The van der Waals surface area contributed by atoms with Gasteiger partial charge >= 0.3 is 0 Å². The van der Waals surface area contributed by atoms with Crippen molar-refractivity contribution in [1.29, 1.82) is 0 Å². The molecule has 0 aromatic carbocycles. The molecule has 1 saturated heterocycles. The van der Waals surface area contributed by atoms with Gasteiger partial charge in [-0.05, 0) is 12.3 Å². The summed E-state index contributed by atoms with van der Waals surface area (Å²) in [7, 11) is 0. The highest BCUT2D eigenvalue weighted by Crippen LogP contribution is 2.17. The van der Waals surface area contributed by atoms with Crippen LogP contribution in [-0.2, 0) is 9.59 Å². The molecule has 2 unspecified atom stereocenters. The van der Waals surface area contributed by atoms with Gasteiger partial charge < -0.3 is 10.0 Å². The molecule has 6 heteroatoms. The molecular formula is C11H17N3O3. The molecule has 0 bridgehead atoms. The number of carbonyl (C=O) groups excluding carboxylic acids is 2. The molecule has 2 aliphatic rings. The molecule has 2 atom stereocenters. The Hall–Kier alpha value is -1.43. The van der Waals surface area contributed by atoms with Crippen LogP contribution in [0.2, 0.25) is 0 Å². The maximum Gasteiger partial charge on any atom is 0.270 e. The maximum atomic E-state index is 12.1. The lowest BCUT2D eigenvalue weighted by Gasteiger charge is -2.34. The Morgan fingerprint density at radius 3 is 2.88 bits per heavy atom. The van der Waals surface area contributed by atoms with Crippen LogP contribution < -0.4 is 5.43 Å². The van der Waals surface area contributed by atoms with Crippen molar-refractivity contribution in [3.63, 3.8) is 0 Å². The van der Waals surface area contributed by atoms with Crippen molar-refractivity contribution in [1.82, 2.24) is 10.3 Å². The van der Waals surface area contributed by atoms with Gasteiger partial charge in [0, 0.05) is 25.9 Å². The van der Waals surface area contributed by atoms with Crippen LogP contribution in [0, 0.1) is 5.92 Å². The minimum absolute atomic E-state index is 0.0893. The average molecular weight is 239 g/mol. The minimum atomic E-state index is -0.327. The van der Waals surface area contributed by atoms with Crippen LogP contribution in [-0.4, -0.2) is 46.7 Å². The third kappa shape index (κ3) is 2.63. The van der Waals surface area contributed by atoms with Crippen LogP contribution in [0.4, 0.5) is 0 Å². The van der Waals surface area contributed by atoms with E-state index in [1.54, 1.807) is 4.90 Å². The lowest BCUT2D eigenvalue weighted by molar-refractivity contribution is -0.127. The Labute approximate surface area is 99.7 Å². The van der Waals surface area contributed by atoms with Crippen LogP contribution in [0.25, 0.3) is 0 Å². The van der Waals surface area contributed by atoms with Crippen molar-refractivity contribution in [2.24, 2.45) is 11.0 Å². The Morgan fingerprint density at radius 1 is 1.53 bits per heavy atom. The van der Waals surface area contributed by atoms with Crippen LogP contribution in [0.5, 0.6) is 0 Å². The van der Waals surface area contributed by atoms with E-state index in [0.29, 0.717) is 38.1 Å². The summed E-state index contributed by atoms with van der Waals surface area (Å²) in [6.45, 7) is 3.03. The van der Waals surface area contributed by atoms with Gasteiger partial charge in [0.2, 0.25) is 5.91 Å². The van der Waals surface area contributed by atoms with Crippen molar-refractivity contribution in [2.75, 3.05) is 13.1 Å².